The first-order valence-electron chi connectivity index (χ1n) is 8.06. The van der Waals surface area contributed by atoms with E-state index in [4.69, 9.17) is 0 Å². The lowest BCUT2D eigenvalue weighted by atomic mass is 10.2. The molecular formula is C18H14F4N4OS. The summed E-state index contributed by atoms with van der Waals surface area (Å²) >= 11 is 0.992. The number of thioether (sulfide) groups is 1. The van der Waals surface area contributed by atoms with E-state index in [1.54, 1.807) is 19.1 Å². The number of anilines is 1. The van der Waals surface area contributed by atoms with Crippen LogP contribution in [0.5, 0.6) is 0 Å². The van der Waals surface area contributed by atoms with Gasteiger partial charge in [-0.05, 0) is 37.3 Å². The van der Waals surface area contributed by atoms with Crippen LogP contribution in [0.3, 0.4) is 0 Å². The van der Waals surface area contributed by atoms with Gasteiger partial charge in [0.2, 0.25) is 11.1 Å². The predicted octanol–water partition coefficient (Wildman–Crippen LogP) is 4.75. The van der Waals surface area contributed by atoms with Crippen molar-refractivity contribution in [3.63, 3.8) is 0 Å². The number of H-pyrrole nitrogens is 1. The maximum absolute atomic E-state index is 13.8. The summed E-state index contributed by atoms with van der Waals surface area (Å²) in [5.74, 6) is -0.766. The van der Waals surface area contributed by atoms with Gasteiger partial charge < -0.3 is 5.32 Å². The highest BCUT2D eigenvalue weighted by Gasteiger charge is 2.30. The SMILES string of the molecule is C[C@@H](Sc1n[nH]c(-c2ccccc2F)n1)C(=O)Nc1cccc(C(F)(F)F)c1. The molecule has 3 rings (SSSR count). The molecule has 1 amide bonds. The van der Waals surface area contributed by atoms with Crippen molar-refractivity contribution >= 4 is 23.4 Å². The van der Waals surface area contributed by atoms with Crippen LogP contribution >= 0.6 is 11.8 Å². The fourth-order valence-corrected chi connectivity index (χ4v) is 3.03. The van der Waals surface area contributed by atoms with E-state index in [2.05, 4.69) is 20.5 Å². The zero-order valence-corrected chi connectivity index (χ0v) is 15.2. The van der Waals surface area contributed by atoms with Crippen LogP contribution in [0.2, 0.25) is 0 Å². The molecule has 5 nitrogen and oxygen atoms in total. The predicted molar refractivity (Wildman–Crippen MR) is 97.2 cm³/mol. The van der Waals surface area contributed by atoms with Gasteiger partial charge in [-0.1, -0.05) is 30.0 Å². The minimum Gasteiger partial charge on any atom is -0.325 e. The highest BCUT2D eigenvalue weighted by molar-refractivity contribution is 8.00. The Labute approximate surface area is 161 Å². The Balaban J connectivity index is 1.66. The first-order chi connectivity index (χ1) is 13.2. The summed E-state index contributed by atoms with van der Waals surface area (Å²) in [5, 5.41) is 8.50. The Morgan fingerprint density at radius 2 is 1.93 bits per heavy atom. The van der Waals surface area contributed by atoms with Crippen molar-refractivity contribution < 1.29 is 22.4 Å². The molecule has 28 heavy (non-hydrogen) atoms. The van der Waals surface area contributed by atoms with Gasteiger partial charge in [-0.25, -0.2) is 9.37 Å². The minimum atomic E-state index is -4.50. The van der Waals surface area contributed by atoms with E-state index in [0.29, 0.717) is 0 Å². The molecule has 1 aromatic heterocycles. The molecule has 0 aliphatic carbocycles. The molecule has 0 saturated heterocycles. The largest absolute Gasteiger partial charge is 0.416 e. The Morgan fingerprint density at radius 3 is 2.64 bits per heavy atom. The smallest absolute Gasteiger partial charge is 0.325 e. The lowest BCUT2D eigenvalue weighted by molar-refractivity contribution is -0.137. The molecule has 0 radical (unpaired) electrons. The molecule has 0 unspecified atom stereocenters. The van der Waals surface area contributed by atoms with Crippen molar-refractivity contribution in [2.24, 2.45) is 0 Å². The molecule has 0 fully saturated rings. The van der Waals surface area contributed by atoms with Crippen LogP contribution in [0.4, 0.5) is 23.2 Å². The fraction of sp³-hybridized carbons (Fsp3) is 0.167. The first-order valence-corrected chi connectivity index (χ1v) is 8.94. The number of hydrogen-bond acceptors (Lipinski definition) is 4. The van der Waals surface area contributed by atoms with Gasteiger partial charge in [0, 0.05) is 5.69 Å². The van der Waals surface area contributed by atoms with E-state index < -0.39 is 28.7 Å². The molecule has 1 atom stereocenters. The van der Waals surface area contributed by atoms with Crippen molar-refractivity contribution in [3.05, 3.63) is 59.9 Å². The molecule has 10 heteroatoms. The summed E-state index contributed by atoms with van der Waals surface area (Å²) < 4.78 is 52.1. The van der Waals surface area contributed by atoms with Crippen LogP contribution in [-0.2, 0) is 11.0 Å². The number of rotatable bonds is 5. The number of alkyl halides is 3. The van der Waals surface area contributed by atoms with E-state index in [1.807, 2.05) is 0 Å². The van der Waals surface area contributed by atoms with E-state index in [0.717, 1.165) is 23.9 Å². The number of nitrogens with zero attached hydrogens (tertiary/aromatic N) is 2. The summed E-state index contributed by atoms with van der Waals surface area (Å²) in [6, 6.07) is 10.4. The van der Waals surface area contributed by atoms with Crippen LogP contribution in [0, 0.1) is 5.82 Å². The second-order valence-corrected chi connectivity index (χ2v) is 7.08. The third-order valence-electron chi connectivity index (χ3n) is 3.70. The summed E-state index contributed by atoms with van der Waals surface area (Å²) in [6.45, 7) is 1.56. The first kappa shape index (κ1) is 19.9. The number of benzene rings is 2. The fourth-order valence-electron chi connectivity index (χ4n) is 2.30. The molecule has 2 aromatic carbocycles. The number of carbonyl (C=O) groups excluding carboxylic acids is 1. The molecule has 0 aliphatic rings. The second-order valence-electron chi connectivity index (χ2n) is 5.77. The number of amides is 1. The normalized spacial score (nSPS) is 12.6. The molecule has 3 aromatic rings. The second kappa shape index (κ2) is 8.01. The summed E-state index contributed by atoms with van der Waals surface area (Å²) in [6.07, 6.45) is -4.50. The maximum atomic E-state index is 13.8. The molecule has 0 aliphatic heterocycles. The van der Waals surface area contributed by atoms with Gasteiger partial charge in [-0.15, -0.1) is 5.10 Å². The van der Waals surface area contributed by atoms with Gasteiger partial charge in [-0.2, -0.15) is 13.2 Å². The molecule has 0 saturated carbocycles. The van der Waals surface area contributed by atoms with Gasteiger partial charge in [0.15, 0.2) is 5.82 Å². The van der Waals surface area contributed by atoms with Gasteiger partial charge in [-0.3, -0.25) is 9.89 Å². The number of nitrogens with one attached hydrogen (secondary N) is 2. The quantitative estimate of drug-likeness (QED) is 0.471. The van der Waals surface area contributed by atoms with Gasteiger partial charge >= 0.3 is 6.18 Å². The van der Waals surface area contributed by atoms with Crippen LogP contribution in [0.25, 0.3) is 11.4 Å². The van der Waals surface area contributed by atoms with E-state index in [9.17, 15) is 22.4 Å². The molecule has 146 valence electrons. The van der Waals surface area contributed by atoms with Gasteiger partial charge in [0.25, 0.3) is 0 Å². The van der Waals surface area contributed by atoms with Crippen molar-refractivity contribution in [1.82, 2.24) is 15.2 Å². The van der Waals surface area contributed by atoms with Crippen LogP contribution in [0.15, 0.2) is 53.7 Å². The monoisotopic (exact) mass is 410 g/mol. The summed E-state index contributed by atoms with van der Waals surface area (Å²) in [5.41, 5.74) is -0.577. The highest BCUT2D eigenvalue weighted by Crippen LogP contribution is 2.31. The molecule has 0 bridgehead atoms. The highest BCUT2D eigenvalue weighted by atomic mass is 32.2. The van der Waals surface area contributed by atoms with Gasteiger partial charge in [0.05, 0.1) is 16.4 Å². The van der Waals surface area contributed by atoms with E-state index in [1.165, 1.54) is 24.3 Å². The average molecular weight is 410 g/mol. The summed E-state index contributed by atoms with van der Waals surface area (Å²) in [7, 11) is 0. The Bertz CT molecular complexity index is 989. The molecule has 2 N–H and O–H groups in total. The van der Waals surface area contributed by atoms with E-state index >= 15 is 0 Å². The van der Waals surface area contributed by atoms with Crippen molar-refractivity contribution in [3.8, 4) is 11.4 Å². The van der Waals surface area contributed by atoms with Crippen LogP contribution in [-0.4, -0.2) is 26.3 Å². The van der Waals surface area contributed by atoms with Gasteiger partial charge in [0.1, 0.15) is 5.82 Å². The number of hydrogen-bond donors (Lipinski definition) is 2. The zero-order valence-electron chi connectivity index (χ0n) is 14.4. The number of aromatic nitrogens is 3. The topological polar surface area (TPSA) is 70.7 Å². The molecule has 0 spiro atoms. The standard InChI is InChI=1S/C18H14F4N4OS/c1-10(16(27)23-12-6-4-5-11(9-12)18(20,21)22)28-17-24-15(25-26-17)13-7-2-3-8-14(13)19/h2-10H,1H3,(H,23,27)(H,24,25,26)/t10-/m1/s1. The lowest BCUT2D eigenvalue weighted by Crippen LogP contribution is -2.22. The third-order valence-corrected chi connectivity index (χ3v) is 4.66. The zero-order chi connectivity index (χ0) is 20.3. The van der Waals surface area contributed by atoms with Crippen molar-refractivity contribution in [2.75, 3.05) is 5.32 Å². The number of aromatic amines is 1. The number of halogens is 4. The Hall–Kier alpha value is -2.88. The van der Waals surface area contributed by atoms with Crippen molar-refractivity contribution in [2.45, 2.75) is 23.5 Å². The Kier molecular flexibility index (Phi) is 5.68. The van der Waals surface area contributed by atoms with Crippen LogP contribution < -0.4 is 5.32 Å². The molecule has 1 heterocycles. The average Bonchev–Trinajstić information content (AvgIpc) is 3.09. The maximum Gasteiger partial charge on any atom is 0.416 e. The molecular weight excluding hydrogens is 396 g/mol. The third kappa shape index (κ3) is 4.69. The Morgan fingerprint density at radius 1 is 1.18 bits per heavy atom. The number of carbonyl (C=O) groups is 1. The van der Waals surface area contributed by atoms with Crippen LogP contribution in [0.1, 0.15) is 12.5 Å². The lowest BCUT2D eigenvalue weighted by Gasteiger charge is -2.12. The minimum absolute atomic E-state index is 0.0364. The van der Waals surface area contributed by atoms with Crippen molar-refractivity contribution in [1.29, 1.82) is 0 Å². The van der Waals surface area contributed by atoms with E-state index in [-0.39, 0.29) is 22.2 Å². The summed E-state index contributed by atoms with van der Waals surface area (Å²) in [4.78, 5) is 16.4.